The molecule has 1 fully saturated rings. The average molecular weight is 415 g/mol. The van der Waals surface area contributed by atoms with Gasteiger partial charge in [-0.3, -0.25) is 0 Å². The molecule has 26 heavy (non-hydrogen) atoms. The maximum absolute atomic E-state index is 12.5. The molecule has 2 aromatic rings. The van der Waals surface area contributed by atoms with Crippen molar-refractivity contribution in [3.8, 4) is 5.75 Å². The second-order valence-electron chi connectivity index (χ2n) is 7.25. The monoisotopic (exact) mass is 414 g/mol. The molecule has 2 amide bonds. The van der Waals surface area contributed by atoms with E-state index in [0.717, 1.165) is 45.9 Å². The van der Waals surface area contributed by atoms with E-state index in [1.54, 1.807) is 0 Å². The fourth-order valence-electron chi connectivity index (χ4n) is 3.69. The molecule has 0 radical (unpaired) electrons. The topological polar surface area (TPSA) is 50.4 Å². The van der Waals surface area contributed by atoms with Crippen molar-refractivity contribution in [1.29, 1.82) is 0 Å². The molecular formula is C21H23BrN2O2. The molecule has 2 aromatic carbocycles. The molecule has 5 heteroatoms. The molecule has 0 spiro atoms. The van der Waals surface area contributed by atoms with Gasteiger partial charge < -0.3 is 15.4 Å². The minimum atomic E-state index is -0.259. The summed E-state index contributed by atoms with van der Waals surface area (Å²) in [5.41, 5.74) is 3.88. The van der Waals surface area contributed by atoms with Gasteiger partial charge in [0, 0.05) is 15.7 Å². The molecular weight excluding hydrogens is 392 g/mol. The number of carbonyl (C=O) groups excluding carboxylic acids is 1. The Balaban J connectivity index is 1.58. The van der Waals surface area contributed by atoms with E-state index in [1.165, 1.54) is 18.4 Å². The average Bonchev–Trinajstić information content (AvgIpc) is 3.43. The second-order valence-corrected chi connectivity index (χ2v) is 8.17. The van der Waals surface area contributed by atoms with Crippen LogP contribution in [0.3, 0.4) is 0 Å². The van der Waals surface area contributed by atoms with Crippen LogP contribution in [0.15, 0.2) is 40.9 Å². The van der Waals surface area contributed by atoms with E-state index in [0.29, 0.717) is 12.5 Å². The number of urea groups is 1. The second kappa shape index (κ2) is 7.31. The highest BCUT2D eigenvalue weighted by molar-refractivity contribution is 9.10. The van der Waals surface area contributed by atoms with Gasteiger partial charge in [0.25, 0.3) is 0 Å². The molecule has 4 nitrogen and oxygen atoms in total. The van der Waals surface area contributed by atoms with Gasteiger partial charge in [0.2, 0.25) is 0 Å². The Hall–Kier alpha value is -2.01. The smallest absolute Gasteiger partial charge is 0.323 e. The highest BCUT2D eigenvalue weighted by Gasteiger charge is 2.35. The fourth-order valence-corrected chi connectivity index (χ4v) is 4.16. The Morgan fingerprint density at radius 3 is 2.62 bits per heavy atom. The lowest BCUT2D eigenvalue weighted by atomic mass is 9.89. The first-order chi connectivity index (χ1) is 12.6. The van der Waals surface area contributed by atoms with Gasteiger partial charge in [-0.1, -0.05) is 33.6 Å². The number of rotatable bonds is 3. The summed E-state index contributed by atoms with van der Waals surface area (Å²) < 4.78 is 7.02. The van der Waals surface area contributed by atoms with Crippen LogP contribution < -0.4 is 15.4 Å². The number of hydrogen-bond acceptors (Lipinski definition) is 2. The number of anilines is 2. The normalized spacial score (nSPS) is 19.1. The predicted octanol–water partition coefficient (Wildman–Crippen LogP) is 6.07. The third kappa shape index (κ3) is 3.88. The van der Waals surface area contributed by atoms with Crippen LogP contribution in [0.25, 0.3) is 0 Å². The first kappa shape index (κ1) is 17.4. The third-order valence-electron chi connectivity index (χ3n) is 5.14. The molecule has 1 saturated carbocycles. The number of carbonyl (C=O) groups is 1. The first-order valence-corrected chi connectivity index (χ1v) is 10.0. The quantitative estimate of drug-likeness (QED) is 0.640. The Bertz CT molecular complexity index is 816. The van der Waals surface area contributed by atoms with Crippen LogP contribution in [0.4, 0.5) is 16.2 Å². The van der Waals surface area contributed by atoms with E-state index in [9.17, 15) is 4.79 Å². The largest absolute Gasteiger partial charge is 0.491 e. The number of nitrogens with one attached hydrogen (secondary N) is 2. The number of benzene rings is 2. The number of aryl methyl sites for hydroxylation is 1. The molecule has 136 valence electrons. The first-order valence-electron chi connectivity index (χ1n) is 9.21. The summed E-state index contributed by atoms with van der Waals surface area (Å²) in [4.78, 5) is 12.5. The van der Waals surface area contributed by atoms with Crippen LogP contribution in [-0.2, 0) is 0 Å². The van der Waals surface area contributed by atoms with Gasteiger partial charge in [0.05, 0.1) is 12.3 Å². The molecule has 1 unspecified atom stereocenters. The van der Waals surface area contributed by atoms with Crippen LogP contribution in [-0.4, -0.2) is 12.6 Å². The summed E-state index contributed by atoms with van der Waals surface area (Å²) in [6.45, 7) is 2.72. The summed E-state index contributed by atoms with van der Waals surface area (Å²) >= 11 is 3.60. The van der Waals surface area contributed by atoms with Gasteiger partial charge in [-0.05, 0) is 68.7 Å². The zero-order valence-electron chi connectivity index (χ0n) is 14.8. The zero-order chi connectivity index (χ0) is 18.1. The lowest BCUT2D eigenvalue weighted by Crippen LogP contribution is -2.20. The summed E-state index contributed by atoms with van der Waals surface area (Å²) in [6, 6.07) is 11.6. The highest BCUT2D eigenvalue weighted by atomic mass is 79.9. The van der Waals surface area contributed by atoms with Gasteiger partial charge in [-0.25, -0.2) is 4.79 Å². The zero-order valence-corrected chi connectivity index (χ0v) is 16.4. The minimum absolute atomic E-state index is 0.259. The summed E-state index contributed by atoms with van der Waals surface area (Å²) in [5.74, 6) is 2.13. The molecule has 2 aliphatic rings. The molecule has 1 atom stereocenters. The van der Waals surface area contributed by atoms with E-state index >= 15 is 0 Å². The Morgan fingerprint density at radius 1 is 1.12 bits per heavy atom. The standard InChI is InChI=1S/C21H23BrN2O2/c1-13-4-8-16(9-5-13)23-21(25)24-19-12-15(22)11-18-17(14-6-7-14)3-2-10-26-20(18)19/h4-5,8-9,11-12,14,17H,2-3,6-7,10H2,1H3,(H2,23,24,25). The van der Waals surface area contributed by atoms with Crippen molar-refractivity contribution in [3.63, 3.8) is 0 Å². The van der Waals surface area contributed by atoms with Gasteiger partial charge in [-0.2, -0.15) is 0 Å². The molecule has 1 aliphatic carbocycles. The summed E-state index contributed by atoms with van der Waals surface area (Å²) in [6.07, 6.45) is 4.81. The maximum Gasteiger partial charge on any atom is 0.323 e. The predicted molar refractivity (Wildman–Crippen MR) is 108 cm³/mol. The van der Waals surface area contributed by atoms with Gasteiger partial charge in [-0.15, -0.1) is 0 Å². The highest BCUT2D eigenvalue weighted by Crippen LogP contribution is 2.51. The molecule has 0 bridgehead atoms. The van der Waals surface area contributed by atoms with Crippen molar-refractivity contribution in [2.75, 3.05) is 17.2 Å². The van der Waals surface area contributed by atoms with Crippen molar-refractivity contribution >= 4 is 33.3 Å². The van der Waals surface area contributed by atoms with E-state index in [4.69, 9.17) is 4.74 Å². The number of ether oxygens (including phenoxy) is 1. The van der Waals surface area contributed by atoms with Gasteiger partial charge >= 0.3 is 6.03 Å². The molecule has 2 N–H and O–H groups in total. The van der Waals surface area contributed by atoms with Gasteiger partial charge in [0.1, 0.15) is 5.75 Å². The lowest BCUT2D eigenvalue weighted by molar-refractivity contribution is 0.262. The van der Waals surface area contributed by atoms with E-state index in [-0.39, 0.29) is 6.03 Å². The number of hydrogen-bond donors (Lipinski definition) is 2. The maximum atomic E-state index is 12.5. The minimum Gasteiger partial charge on any atom is -0.491 e. The van der Waals surface area contributed by atoms with Crippen molar-refractivity contribution < 1.29 is 9.53 Å². The Morgan fingerprint density at radius 2 is 1.88 bits per heavy atom. The van der Waals surface area contributed by atoms with Crippen LogP contribution in [0.5, 0.6) is 5.75 Å². The number of fused-ring (bicyclic) bond motifs is 1. The van der Waals surface area contributed by atoms with Crippen LogP contribution >= 0.6 is 15.9 Å². The third-order valence-corrected chi connectivity index (χ3v) is 5.59. The summed E-state index contributed by atoms with van der Waals surface area (Å²) in [7, 11) is 0. The van der Waals surface area contributed by atoms with Crippen LogP contribution in [0.2, 0.25) is 0 Å². The van der Waals surface area contributed by atoms with Crippen LogP contribution in [0.1, 0.15) is 42.7 Å². The van der Waals surface area contributed by atoms with Gasteiger partial charge in [0.15, 0.2) is 0 Å². The molecule has 0 saturated heterocycles. The van der Waals surface area contributed by atoms with E-state index in [2.05, 4.69) is 32.6 Å². The van der Waals surface area contributed by atoms with E-state index < -0.39 is 0 Å². The molecule has 4 rings (SSSR count). The van der Waals surface area contributed by atoms with E-state index in [1.807, 2.05) is 37.3 Å². The number of halogens is 1. The van der Waals surface area contributed by atoms with Crippen molar-refractivity contribution in [2.24, 2.45) is 5.92 Å². The molecule has 0 aromatic heterocycles. The SMILES string of the molecule is Cc1ccc(NC(=O)Nc2cc(Br)cc3c2OCCCC3C2CC2)cc1. The number of amides is 2. The Kier molecular flexibility index (Phi) is 4.90. The fraction of sp³-hybridized carbons (Fsp3) is 0.381. The van der Waals surface area contributed by atoms with Crippen molar-refractivity contribution in [3.05, 3.63) is 52.0 Å². The van der Waals surface area contributed by atoms with Crippen LogP contribution in [0, 0.1) is 12.8 Å². The molecule has 1 aliphatic heterocycles. The summed E-state index contributed by atoms with van der Waals surface area (Å²) in [5, 5.41) is 5.86. The lowest BCUT2D eigenvalue weighted by Gasteiger charge is -2.19. The van der Waals surface area contributed by atoms with Crippen molar-refractivity contribution in [2.45, 2.75) is 38.5 Å². The molecule has 1 heterocycles. The van der Waals surface area contributed by atoms with Crippen molar-refractivity contribution in [1.82, 2.24) is 0 Å². The Labute approximate surface area is 162 Å².